The number of fused-ring (bicyclic) bond motifs is 4. The van der Waals surface area contributed by atoms with Crippen molar-refractivity contribution in [2.45, 2.75) is 59.2 Å². The average Bonchev–Trinajstić information content (AvgIpc) is 3.63. The summed E-state index contributed by atoms with van der Waals surface area (Å²) in [6.07, 6.45) is 0. The van der Waals surface area contributed by atoms with E-state index in [1.54, 1.807) is 6.07 Å². The lowest BCUT2D eigenvalue weighted by molar-refractivity contribution is 0.582. The Morgan fingerprint density at radius 1 is 0.766 bits per heavy atom. The number of nitrogens with zero attached hydrogens (tertiary/aromatic N) is 3. The van der Waals surface area contributed by atoms with Crippen LogP contribution in [0.2, 0.25) is 19.6 Å². The molecule has 0 saturated carbocycles. The Labute approximate surface area is 276 Å². The van der Waals surface area contributed by atoms with E-state index in [0.29, 0.717) is 11.0 Å². The number of hydrogen-bond acceptors (Lipinski definition) is 3. The Morgan fingerprint density at radius 2 is 1.43 bits per heavy atom. The van der Waals surface area contributed by atoms with Gasteiger partial charge in [0.05, 0.1) is 35.9 Å². The average molecular weight is 636 g/mol. The Hall–Kier alpha value is -4.99. The second-order valence-corrected chi connectivity index (χ2v) is 19.2. The Bertz CT molecular complexity index is 2340. The summed E-state index contributed by atoms with van der Waals surface area (Å²) in [5, 5.41) is 12.3. The maximum Gasteiger partial charge on any atom is 0.184 e. The first-order valence-electron chi connectivity index (χ1n) is 16.3. The smallest absolute Gasteiger partial charge is 0.184 e. The van der Waals surface area contributed by atoms with Gasteiger partial charge in [0.15, 0.2) is 11.4 Å². The van der Waals surface area contributed by atoms with E-state index in [0.717, 1.165) is 33.5 Å². The first-order chi connectivity index (χ1) is 22.5. The molecule has 0 fully saturated rings. The summed E-state index contributed by atoms with van der Waals surface area (Å²) in [5.74, 6) is 0.530. The van der Waals surface area contributed by atoms with Gasteiger partial charge in [-0.15, -0.1) is 0 Å². The van der Waals surface area contributed by atoms with Crippen molar-refractivity contribution in [3.8, 4) is 34.3 Å². The van der Waals surface area contributed by atoms with Gasteiger partial charge in [0.1, 0.15) is 17.5 Å². The number of para-hydroxylation sites is 3. The second-order valence-electron chi connectivity index (χ2n) is 14.1. The minimum absolute atomic E-state index is 0.0382. The Kier molecular flexibility index (Phi) is 7.41. The lowest BCUT2D eigenvalue weighted by atomic mass is 9.88. The molecule has 0 radical (unpaired) electrons. The number of rotatable bonds is 6. The van der Waals surface area contributed by atoms with E-state index in [2.05, 4.69) is 94.4 Å². The fourth-order valence-electron chi connectivity index (χ4n) is 6.67. The lowest BCUT2D eigenvalue weighted by Crippen LogP contribution is -2.37. The molecule has 234 valence electrons. The summed E-state index contributed by atoms with van der Waals surface area (Å²) in [4.78, 5) is 5.21. The van der Waals surface area contributed by atoms with Crippen molar-refractivity contribution in [3.05, 3.63) is 114 Å². The van der Waals surface area contributed by atoms with E-state index in [9.17, 15) is 5.26 Å². The summed E-state index contributed by atoms with van der Waals surface area (Å²) in [5.41, 5.74) is 9.21. The monoisotopic (exact) mass is 635 g/mol. The van der Waals surface area contributed by atoms with Crippen molar-refractivity contribution in [2.24, 2.45) is 0 Å². The summed E-state index contributed by atoms with van der Waals surface area (Å²) in [7, 11) is -1.42. The van der Waals surface area contributed by atoms with Gasteiger partial charge in [-0.1, -0.05) is 101 Å². The minimum Gasteiger partial charge on any atom is -0.452 e. The van der Waals surface area contributed by atoms with Crippen LogP contribution in [0.15, 0.2) is 95.4 Å². The van der Waals surface area contributed by atoms with Gasteiger partial charge in [0.2, 0.25) is 0 Å². The summed E-state index contributed by atoms with van der Waals surface area (Å²) < 4.78 is 23.9. The SMILES string of the molecule is CC(C)c1cc(-c2ccc([Si](C)(C)C)cc2)cc(C(C)C)c1-n1c(-c2cccc3c2oc2c(F)c(C#N)ccc23)nc2ccccc21. The summed E-state index contributed by atoms with van der Waals surface area (Å²) in [6.45, 7) is 16.1. The molecule has 7 aromatic rings. The molecule has 4 nitrogen and oxygen atoms in total. The highest BCUT2D eigenvalue weighted by atomic mass is 28.3. The first-order valence-corrected chi connectivity index (χ1v) is 19.8. The fourth-order valence-corrected chi connectivity index (χ4v) is 7.84. The minimum atomic E-state index is -1.42. The van der Waals surface area contributed by atoms with Gasteiger partial charge >= 0.3 is 0 Å². The normalized spacial score (nSPS) is 12.2. The van der Waals surface area contributed by atoms with E-state index in [-0.39, 0.29) is 23.0 Å². The highest BCUT2D eigenvalue weighted by Crippen LogP contribution is 2.43. The molecule has 0 bridgehead atoms. The predicted octanol–water partition coefficient (Wildman–Crippen LogP) is 11.1. The molecule has 0 amide bonds. The van der Waals surface area contributed by atoms with Gasteiger partial charge in [-0.25, -0.2) is 9.37 Å². The molecular formula is C41H38FN3OSi. The van der Waals surface area contributed by atoms with Gasteiger partial charge in [0, 0.05) is 10.8 Å². The van der Waals surface area contributed by atoms with Gasteiger partial charge in [0.25, 0.3) is 0 Å². The number of imidazole rings is 1. The number of nitriles is 1. The van der Waals surface area contributed by atoms with E-state index in [1.807, 2.05) is 42.5 Å². The number of hydrogen-bond donors (Lipinski definition) is 0. The molecule has 0 aliphatic carbocycles. The van der Waals surface area contributed by atoms with Gasteiger partial charge in [-0.2, -0.15) is 5.26 Å². The van der Waals surface area contributed by atoms with E-state index in [1.165, 1.54) is 33.5 Å². The van der Waals surface area contributed by atoms with E-state index < -0.39 is 13.9 Å². The molecule has 0 N–H and O–H groups in total. The van der Waals surface area contributed by atoms with Crippen molar-refractivity contribution in [1.82, 2.24) is 9.55 Å². The zero-order valence-electron chi connectivity index (χ0n) is 27.9. The quantitative estimate of drug-likeness (QED) is 0.171. The molecule has 0 unspecified atom stereocenters. The maximum absolute atomic E-state index is 15.4. The van der Waals surface area contributed by atoms with Gasteiger partial charge in [-0.3, -0.25) is 4.57 Å². The summed E-state index contributed by atoms with van der Waals surface area (Å²) >= 11 is 0. The van der Waals surface area contributed by atoms with Crippen LogP contribution in [-0.4, -0.2) is 17.6 Å². The maximum atomic E-state index is 15.4. The third-order valence-electron chi connectivity index (χ3n) is 9.25. The Morgan fingerprint density at radius 3 is 2.06 bits per heavy atom. The van der Waals surface area contributed by atoms with Crippen molar-refractivity contribution in [2.75, 3.05) is 0 Å². The van der Waals surface area contributed by atoms with Crippen LogP contribution in [0.3, 0.4) is 0 Å². The molecule has 2 heterocycles. The van der Waals surface area contributed by atoms with Crippen LogP contribution in [0, 0.1) is 17.1 Å². The van der Waals surface area contributed by atoms with Crippen molar-refractivity contribution >= 4 is 46.2 Å². The van der Waals surface area contributed by atoms with Crippen LogP contribution in [0.5, 0.6) is 0 Å². The van der Waals surface area contributed by atoms with Crippen LogP contribution < -0.4 is 5.19 Å². The van der Waals surface area contributed by atoms with Crippen molar-refractivity contribution < 1.29 is 8.81 Å². The third-order valence-corrected chi connectivity index (χ3v) is 11.3. The molecular weight excluding hydrogens is 598 g/mol. The molecule has 5 aromatic carbocycles. The number of aromatic nitrogens is 2. The molecule has 0 spiro atoms. The molecule has 0 aliphatic rings. The van der Waals surface area contributed by atoms with E-state index in [4.69, 9.17) is 9.40 Å². The molecule has 2 aromatic heterocycles. The van der Waals surface area contributed by atoms with Crippen LogP contribution in [-0.2, 0) is 0 Å². The Balaban J connectivity index is 1.53. The zero-order valence-corrected chi connectivity index (χ0v) is 28.9. The van der Waals surface area contributed by atoms with Gasteiger partial charge < -0.3 is 4.42 Å². The summed E-state index contributed by atoms with van der Waals surface area (Å²) in [6, 6.07) is 33.1. The van der Waals surface area contributed by atoms with Crippen LogP contribution >= 0.6 is 0 Å². The second kappa shape index (κ2) is 11.4. The van der Waals surface area contributed by atoms with Crippen LogP contribution in [0.25, 0.3) is 61.2 Å². The zero-order chi connectivity index (χ0) is 33.2. The number of benzene rings is 5. The largest absolute Gasteiger partial charge is 0.452 e. The molecule has 47 heavy (non-hydrogen) atoms. The van der Waals surface area contributed by atoms with Crippen LogP contribution in [0.4, 0.5) is 4.39 Å². The molecule has 0 atom stereocenters. The first kappa shape index (κ1) is 30.6. The highest BCUT2D eigenvalue weighted by Gasteiger charge is 2.26. The standard InChI is InChI=1S/C41H38FN3OSi/c1-24(2)33-21-28(26-15-18-29(19-16-26)47(5,6)7)22-34(25(3)4)38(33)45-36-14-9-8-13-35(36)44-41(45)32-12-10-11-30-31-20-17-27(23-43)37(42)40(31)46-39(30)32/h8-22,24-25H,1-7H3. The third kappa shape index (κ3) is 5.06. The predicted molar refractivity (Wildman–Crippen MR) is 195 cm³/mol. The lowest BCUT2D eigenvalue weighted by Gasteiger charge is -2.24. The fraction of sp³-hybridized carbons (Fsp3) is 0.220. The molecule has 6 heteroatoms. The van der Waals surface area contributed by atoms with Crippen molar-refractivity contribution in [1.29, 1.82) is 5.26 Å². The topological polar surface area (TPSA) is 54.8 Å². The molecule has 0 aliphatic heterocycles. The van der Waals surface area contributed by atoms with Crippen LogP contribution in [0.1, 0.15) is 56.2 Å². The number of furan rings is 1. The van der Waals surface area contributed by atoms with Gasteiger partial charge in [-0.05, 0) is 76.6 Å². The van der Waals surface area contributed by atoms with Crippen molar-refractivity contribution in [3.63, 3.8) is 0 Å². The molecule has 0 saturated heterocycles. The van der Waals surface area contributed by atoms with E-state index >= 15 is 4.39 Å². The molecule has 7 rings (SSSR count). The number of halogens is 1. The highest BCUT2D eigenvalue weighted by molar-refractivity contribution is 6.88.